The highest BCUT2D eigenvalue weighted by Gasteiger charge is 2.16. The van der Waals surface area contributed by atoms with Gasteiger partial charge in [-0.1, -0.05) is 13.0 Å². The summed E-state index contributed by atoms with van der Waals surface area (Å²) in [5.74, 6) is 0.241. The molecular weight excluding hydrogens is 208 g/mol. The summed E-state index contributed by atoms with van der Waals surface area (Å²) in [5, 5.41) is 8.85. The van der Waals surface area contributed by atoms with Crippen LogP contribution in [-0.4, -0.2) is 23.8 Å². The quantitative estimate of drug-likeness (QED) is 0.805. The number of carbonyl (C=O) groups is 1. The van der Waals surface area contributed by atoms with Gasteiger partial charge in [-0.3, -0.25) is 0 Å². The van der Waals surface area contributed by atoms with Crippen LogP contribution in [0.2, 0.25) is 0 Å². The molecule has 0 saturated heterocycles. The fraction of sp³-hybridized carbons (Fsp3) is 0.417. The lowest BCUT2D eigenvalue weighted by Gasteiger charge is -2.13. The fourth-order valence-electron chi connectivity index (χ4n) is 1.28. The highest BCUT2D eigenvalue weighted by Crippen LogP contribution is 2.21. The Morgan fingerprint density at radius 3 is 2.62 bits per heavy atom. The van der Waals surface area contributed by atoms with E-state index in [1.165, 1.54) is 0 Å². The van der Waals surface area contributed by atoms with Gasteiger partial charge < -0.3 is 14.6 Å². The average molecular weight is 224 g/mol. The molecule has 1 aromatic rings. The first-order chi connectivity index (χ1) is 7.67. The number of carboxylic acid groups (broad SMARTS) is 1. The van der Waals surface area contributed by atoms with E-state index in [-0.39, 0.29) is 0 Å². The topological polar surface area (TPSA) is 55.8 Å². The molecule has 1 rings (SSSR count). The minimum atomic E-state index is -0.954. The Labute approximate surface area is 94.8 Å². The number of aliphatic carboxylic acids is 1. The third-order valence-electron chi connectivity index (χ3n) is 2.04. The van der Waals surface area contributed by atoms with E-state index < -0.39 is 12.1 Å². The predicted molar refractivity (Wildman–Crippen MR) is 60.0 cm³/mol. The van der Waals surface area contributed by atoms with E-state index in [1.54, 1.807) is 31.2 Å². The van der Waals surface area contributed by atoms with Gasteiger partial charge in [0.05, 0.1) is 6.61 Å². The second-order valence-corrected chi connectivity index (χ2v) is 3.26. The third kappa shape index (κ3) is 3.46. The molecule has 0 fully saturated rings. The van der Waals surface area contributed by atoms with Crippen molar-refractivity contribution >= 4 is 5.97 Å². The zero-order chi connectivity index (χ0) is 12.0. The average Bonchev–Trinajstić information content (AvgIpc) is 2.26. The SMILES string of the molecule is CCOc1cccc(O[C@H](CC)C(=O)O)c1. The largest absolute Gasteiger partial charge is 0.494 e. The van der Waals surface area contributed by atoms with Crippen LogP contribution in [0.15, 0.2) is 24.3 Å². The van der Waals surface area contributed by atoms with Crippen LogP contribution in [0.25, 0.3) is 0 Å². The molecule has 0 unspecified atom stereocenters. The van der Waals surface area contributed by atoms with Gasteiger partial charge in [0.15, 0.2) is 6.10 Å². The highest BCUT2D eigenvalue weighted by atomic mass is 16.5. The van der Waals surface area contributed by atoms with E-state index >= 15 is 0 Å². The molecule has 0 aromatic heterocycles. The monoisotopic (exact) mass is 224 g/mol. The standard InChI is InChI=1S/C12H16O4/c1-3-11(12(13)14)16-10-7-5-6-9(8-10)15-4-2/h5-8,11H,3-4H2,1-2H3,(H,13,14)/t11-/m1/s1. The molecule has 0 aliphatic heterocycles. The first-order valence-electron chi connectivity index (χ1n) is 5.29. The van der Waals surface area contributed by atoms with Gasteiger partial charge in [-0.25, -0.2) is 4.79 Å². The Hall–Kier alpha value is -1.71. The summed E-state index contributed by atoms with van der Waals surface area (Å²) in [4.78, 5) is 10.8. The van der Waals surface area contributed by atoms with Crippen LogP contribution in [0.1, 0.15) is 20.3 Å². The van der Waals surface area contributed by atoms with Gasteiger partial charge in [-0.05, 0) is 25.5 Å². The van der Waals surface area contributed by atoms with Crippen molar-refractivity contribution in [1.82, 2.24) is 0 Å². The van der Waals surface area contributed by atoms with Crippen molar-refractivity contribution in [2.75, 3.05) is 6.61 Å². The molecule has 0 aliphatic rings. The first-order valence-corrected chi connectivity index (χ1v) is 5.29. The number of carboxylic acids is 1. The Balaban J connectivity index is 2.72. The molecule has 0 saturated carbocycles. The molecule has 0 aliphatic carbocycles. The normalized spacial score (nSPS) is 11.9. The van der Waals surface area contributed by atoms with E-state index in [1.807, 2.05) is 6.92 Å². The summed E-state index contributed by atoms with van der Waals surface area (Å²) in [6.07, 6.45) is -0.384. The molecule has 4 nitrogen and oxygen atoms in total. The summed E-state index contributed by atoms with van der Waals surface area (Å²) in [5.41, 5.74) is 0. The summed E-state index contributed by atoms with van der Waals surface area (Å²) in [7, 11) is 0. The lowest BCUT2D eigenvalue weighted by molar-refractivity contribution is -0.145. The number of hydrogen-bond acceptors (Lipinski definition) is 3. The Kier molecular flexibility index (Phi) is 4.64. The Bertz CT molecular complexity index is 349. The third-order valence-corrected chi connectivity index (χ3v) is 2.04. The van der Waals surface area contributed by atoms with Crippen LogP contribution in [-0.2, 0) is 4.79 Å². The number of benzene rings is 1. The zero-order valence-corrected chi connectivity index (χ0v) is 9.47. The Morgan fingerprint density at radius 1 is 1.38 bits per heavy atom. The molecule has 1 atom stereocenters. The van der Waals surface area contributed by atoms with Gasteiger partial charge in [0.2, 0.25) is 0 Å². The van der Waals surface area contributed by atoms with Crippen LogP contribution in [0, 0.1) is 0 Å². The lowest BCUT2D eigenvalue weighted by Crippen LogP contribution is -2.25. The molecule has 0 heterocycles. The van der Waals surface area contributed by atoms with Crippen molar-refractivity contribution in [3.8, 4) is 11.5 Å². The predicted octanol–water partition coefficient (Wildman–Crippen LogP) is 2.33. The summed E-state index contributed by atoms with van der Waals surface area (Å²) in [6, 6.07) is 6.98. The fourth-order valence-corrected chi connectivity index (χ4v) is 1.28. The van der Waals surface area contributed by atoms with E-state index in [0.717, 1.165) is 0 Å². The van der Waals surface area contributed by atoms with Crippen LogP contribution >= 0.6 is 0 Å². The maximum Gasteiger partial charge on any atom is 0.344 e. The molecule has 1 aromatic carbocycles. The van der Waals surface area contributed by atoms with Crippen LogP contribution in [0.3, 0.4) is 0 Å². The van der Waals surface area contributed by atoms with E-state index in [4.69, 9.17) is 14.6 Å². The van der Waals surface area contributed by atoms with E-state index in [2.05, 4.69) is 0 Å². The van der Waals surface area contributed by atoms with E-state index in [9.17, 15) is 4.79 Å². The second kappa shape index (κ2) is 6.00. The van der Waals surface area contributed by atoms with Gasteiger partial charge in [0, 0.05) is 6.07 Å². The van der Waals surface area contributed by atoms with Crippen molar-refractivity contribution in [2.45, 2.75) is 26.4 Å². The van der Waals surface area contributed by atoms with Crippen molar-refractivity contribution < 1.29 is 19.4 Å². The van der Waals surface area contributed by atoms with Gasteiger partial charge in [0.1, 0.15) is 11.5 Å². The molecule has 88 valence electrons. The number of hydrogen-bond donors (Lipinski definition) is 1. The van der Waals surface area contributed by atoms with Crippen LogP contribution in [0.4, 0.5) is 0 Å². The van der Waals surface area contributed by atoms with Crippen molar-refractivity contribution in [2.24, 2.45) is 0 Å². The van der Waals surface area contributed by atoms with Crippen LogP contribution in [0.5, 0.6) is 11.5 Å². The summed E-state index contributed by atoms with van der Waals surface area (Å²) >= 11 is 0. The molecule has 0 radical (unpaired) electrons. The lowest BCUT2D eigenvalue weighted by atomic mass is 10.2. The molecule has 4 heteroatoms. The minimum Gasteiger partial charge on any atom is -0.494 e. The van der Waals surface area contributed by atoms with Gasteiger partial charge in [0.25, 0.3) is 0 Å². The number of ether oxygens (including phenoxy) is 2. The maximum atomic E-state index is 10.8. The molecule has 16 heavy (non-hydrogen) atoms. The molecule has 0 spiro atoms. The van der Waals surface area contributed by atoms with E-state index in [0.29, 0.717) is 24.5 Å². The van der Waals surface area contributed by atoms with Gasteiger partial charge in [-0.2, -0.15) is 0 Å². The maximum absolute atomic E-state index is 10.8. The molecule has 0 amide bonds. The first kappa shape index (κ1) is 12.4. The smallest absolute Gasteiger partial charge is 0.344 e. The Morgan fingerprint density at radius 2 is 2.06 bits per heavy atom. The highest BCUT2D eigenvalue weighted by molar-refractivity contribution is 5.72. The van der Waals surface area contributed by atoms with Gasteiger partial charge >= 0.3 is 5.97 Å². The van der Waals surface area contributed by atoms with Crippen molar-refractivity contribution in [1.29, 1.82) is 0 Å². The zero-order valence-electron chi connectivity index (χ0n) is 9.47. The molecular formula is C12H16O4. The van der Waals surface area contributed by atoms with Gasteiger partial charge in [-0.15, -0.1) is 0 Å². The summed E-state index contributed by atoms with van der Waals surface area (Å²) < 4.78 is 10.6. The minimum absolute atomic E-state index is 0.425. The summed E-state index contributed by atoms with van der Waals surface area (Å²) in [6.45, 7) is 4.23. The molecule has 1 N–H and O–H groups in total. The second-order valence-electron chi connectivity index (χ2n) is 3.26. The molecule has 0 bridgehead atoms. The van der Waals surface area contributed by atoms with Crippen molar-refractivity contribution in [3.63, 3.8) is 0 Å². The number of rotatable bonds is 6. The van der Waals surface area contributed by atoms with Crippen LogP contribution < -0.4 is 9.47 Å². The van der Waals surface area contributed by atoms with Crippen molar-refractivity contribution in [3.05, 3.63) is 24.3 Å².